The molecule has 10 heteroatoms. The minimum absolute atomic E-state index is 0.0216. The van der Waals surface area contributed by atoms with Crippen LogP contribution in [0.2, 0.25) is 0 Å². The van der Waals surface area contributed by atoms with Gasteiger partial charge in [0.05, 0.1) is 22.8 Å². The predicted molar refractivity (Wildman–Crippen MR) is 93.0 cm³/mol. The first-order valence-electron chi connectivity index (χ1n) is 8.08. The molecule has 0 saturated heterocycles. The van der Waals surface area contributed by atoms with Gasteiger partial charge in [-0.15, -0.1) is 0 Å². The highest BCUT2D eigenvalue weighted by molar-refractivity contribution is 5.53. The molecule has 0 saturated carbocycles. The van der Waals surface area contributed by atoms with Gasteiger partial charge in [-0.3, -0.25) is 0 Å². The molecular formula is C19H15F4N3O3. The van der Waals surface area contributed by atoms with Gasteiger partial charge in [-0.05, 0) is 37.3 Å². The fraction of sp³-hybridized carbons (Fsp3) is 0.263. The number of alkyl halides is 3. The summed E-state index contributed by atoms with van der Waals surface area (Å²) in [6.07, 6.45) is -6.54. The van der Waals surface area contributed by atoms with Crippen LogP contribution >= 0.6 is 0 Å². The normalized spacial score (nSPS) is 14.2. The zero-order valence-electron chi connectivity index (χ0n) is 15.0. The Morgan fingerprint density at radius 1 is 1.10 bits per heavy atom. The summed E-state index contributed by atoms with van der Waals surface area (Å²) in [4.78, 5) is 0. The average Bonchev–Trinajstić information content (AvgIpc) is 2.65. The van der Waals surface area contributed by atoms with Crippen LogP contribution in [0.15, 0.2) is 36.4 Å². The lowest BCUT2D eigenvalue weighted by atomic mass is 10.0. The van der Waals surface area contributed by atoms with E-state index in [1.54, 1.807) is 6.07 Å². The second-order valence-electron chi connectivity index (χ2n) is 6.32. The SMILES string of the molecule is C[C@](O)(COc1ccc(C#N)c(F)c1)C(O)Nc1ccc(C#N)c(C(F)(F)F)c1. The average molecular weight is 409 g/mol. The number of halogens is 4. The minimum Gasteiger partial charge on any atom is -0.490 e. The molecule has 0 aliphatic carbocycles. The van der Waals surface area contributed by atoms with E-state index in [1.807, 2.05) is 0 Å². The summed E-state index contributed by atoms with van der Waals surface area (Å²) < 4.78 is 57.8. The second kappa shape index (κ2) is 8.35. The Hall–Kier alpha value is -3.34. The molecule has 0 aliphatic heterocycles. The third-order valence-electron chi connectivity index (χ3n) is 3.93. The summed E-state index contributed by atoms with van der Waals surface area (Å²) in [6, 6.07) is 9.15. The third kappa shape index (κ3) is 5.35. The number of aliphatic hydroxyl groups is 2. The maximum absolute atomic E-state index is 13.6. The Balaban J connectivity index is 2.11. The molecule has 6 nitrogen and oxygen atoms in total. The fourth-order valence-electron chi connectivity index (χ4n) is 2.26. The van der Waals surface area contributed by atoms with Gasteiger partial charge in [0.1, 0.15) is 29.8 Å². The summed E-state index contributed by atoms with van der Waals surface area (Å²) in [5, 5.41) is 40.3. The molecule has 0 spiro atoms. The zero-order valence-corrected chi connectivity index (χ0v) is 15.0. The van der Waals surface area contributed by atoms with Crippen LogP contribution in [0.5, 0.6) is 5.75 Å². The molecule has 0 radical (unpaired) electrons. The van der Waals surface area contributed by atoms with E-state index in [4.69, 9.17) is 15.3 Å². The standard InChI is InChI=1S/C19H15F4N3O3/c1-18(28,10-29-14-5-3-12(9-25)16(20)7-14)17(27)26-13-4-2-11(8-24)15(6-13)19(21,22)23/h2-7,17,26-28H,10H2,1H3/t17?,18-/m0/s1. The van der Waals surface area contributed by atoms with Gasteiger partial charge >= 0.3 is 6.18 Å². The van der Waals surface area contributed by atoms with E-state index in [-0.39, 0.29) is 17.0 Å². The number of benzene rings is 2. The summed E-state index contributed by atoms with van der Waals surface area (Å²) in [5.41, 5.74) is -4.16. The van der Waals surface area contributed by atoms with E-state index in [9.17, 15) is 27.8 Å². The van der Waals surface area contributed by atoms with Gasteiger partial charge in [0.15, 0.2) is 6.23 Å². The van der Waals surface area contributed by atoms with Gasteiger partial charge in [0.2, 0.25) is 0 Å². The number of anilines is 1. The Bertz CT molecular complexity index is 978. The number of hydrogen-bond donors (Lipinski definition) is 3. The van der Waals surface area contributed by atoms with Crippen molar-refractivity contribution in [2.24, 2.45) is 0 Å². The van der Waals surface area contributed by atoms with Crippen molar-refractivity contribution in [3.63, 3.8) is 0 Å². The van der Waals surface area contributed by atoms with E-state index < -0.39 is 41.6 Å². The van der Waals surface area contributed by atoms with Crippen LogP contribution in [0.25, 0.3) is 0 Å². The monoisotopic (exact) mass is 409 g/mol. The van der Waals surface area contributed by atoms with Crippen LogP contribution in [-0.2, 0) is 6.18 Å². The van der Waals surface area contributed by atoms with E-state index in [1.165, 1.54) is 18.2 Å². The molecule has 0 heterocycles. The highest BCUT2D eigenvalue weighted by Gasteiger charge is 2.35. The summed E-state index contributed by atoms with van der Waals surface area (Å²) in [6.45, 7) is 0.605. The first-order valence-corrected chi connectivity index (χ1v) is 8.08. The van der Waals surface area contributed by atoms with E-state index in [2.05, 4.69) is 5.32 Å². The largest absolute Gasteiger partial charge is 0.490 e. The molecule has 2 rings (SSSR count). The van der Waals surface area contributed by atoms with E-state index >= 15 is 0 Å². The highest BCUT2D eigenvalue weighted by Crippen LogP contribution is 2.34. The van der Waals surface area contributed by atoms with Crippen molar-refractivity contribution in [2.75, 3.05) is 11.9 Å². The fourth-order valence-corrected chi connectivity index (χ4v) is 2.26. The van der Waals surface area contributed by atoms with Crippen molar-refractivity contribution < 1.29 is 32.5 Å². The quantitative estimate of drug-likeness (QED) is 0.500. The molecule has 29 heavy (non-hydrogen) atoms. The maximum atomic E-state index is 13.6. The molecule has 2 atom stereocenters. The van der Waals surface area contributed by atoms with Crippen molar-refractivity contribution in [1.82, 2.24) is 0 Å². The van der Waals surface area contributed by atoms with Gasteiger partial charge in [0, 0.05) is 11.8 Å². The van der Waals surface area contributed by atoms with Crippen molar-refractivity contribution in [2.45, 2.75) is 24.9 Å². The molecule has 1 unspecified atom stereocenters. The zero-order chi connectivity index (χ0) is 21.8. The van der Waals surface area contributed by atoms with Crippen LogP contribution in [0.4, 0.5) is 23.2 Å². The smallest absolute Gasteiger partial charge is 0.417 e. The molecular weight excluding hydrogens is 394 g/mol. The molecule has 0 aromatic heterocycles. The van der Waals surface area contributed by atoms with Crippen LogP contribution in [0.3, 0.4) is 0 Å². The lowest BCUT2D eigenvalue weighted by Gasteiger charge is -2.30. The predicted octanol–water partition coefficient (Wildman–Crippen LogP) is 3.15. The van der Waals surface area contributed by atoms with Crippen molar-refractivity contribution >= 4 is 5.69 Å². The van der Waals surface area contributed by atoms with Gasteiger partial charge in [0.25, 0.3) is 0 Å². The first-order chi connectivity index (χ1) is 13.5. The minimum atomic E-state index is -4.78. The molecule has 0 bridgehead atoms. The molecule has 0 amide bonds. The number of hydrogen-bond acceptors (Lipinski definition) is 6. The Morgan fingerprint density at radius 2 is 1.72 bits per heavy atom. The number of ether oxygens (including phenoxy) is 1. The van der Waals surface area contributed by atoms with Crippen LogP contribution in [-0.4, -0.2) is 28.6 Å². The van der Waals surface area contributed by atoms with Crippen LogP contribution in [0.1, 0.15) is 23.6 Å². The molecule has 0 aliphatic rings. The van der Waals surface area contributed by atoms with Crippen molar-refractivity contribution in [1.29, 1.82) is 10.5 Å². The Morgan fingerprint density at radius 3 is 2.28 bits per heavy atom. The maximum Gasteiger partial charge on any atom is 0.417 e. The van der Waals surface area contributed by atoms with Gasteiger partial charge in [-0.1, -0.05) is 0 Å². The lowest BCUT2D eigenvalue weighted by Crippen LogP contribution is -2.48. The second-order valence-corrected chi connectivity index (χ2v) is 6.32. The molecule has 3 N–H and O–H groups in total. The number of nitrogens with one attached hydrogen (secondary N) is 1. The summed E-state index contributed by atoms with van der Waals surface area (Å²) in [5.74, 6) is -0.854. The van der Waals surface area contributed by atoms with Crippen molar-refractivity contribution in [3.05, 3.63) is 58.9 Å². The molecule has 2 aromatic carbocycles. The molecule has 152 valence electrons. The third-order valence-corrected chi connectivity index (χ3v) is 3.93. The van der Waals surface area contributed by atoms with Gasteiger partial charge in [-0.25, -0.2) is 4.39 Å². The van der Waals surface area contributed by atoms with Crippen LogP contribution in [0, 0.1) is 28.5 Å². The Labute approximate surface area is 163 Å². The lowest BCUT2D eigenvalue weighted by molar-refractivity contribution is -0.137. The summed E-state index contributed by atoms with van der Waals surface area (Å²) in [7, 11) is 0. The van der Waals surface area contributed by atoms with Crippen LogP contribution < -0.4 is 10.1 Å². The molecule has 0 fully saturated rings. The number of rotatable bonds is 6. The van der Waals surface area contributed by atoms with E-state index in [0.717, 1.165) is 25.1 Å². The van der Waals surface area contributed by atoms with Crippen molar-refractivity contribution in [3.8, 4) is 17.9 Å². The number of aliphatic hydroxyl groups excluding tert-OH is 1. The summed E-state index contributed by atoms with van der Waals surface area (Å²) >= 11 is 0. The van der Waals surface area contributed by atoms with Gasteiger partial charge < -0.3 is 20.3 Å². The molecule has 2 aromatic rings. The van der Waals surface area contributed by atoms with Gasteiger partial charge in [-0.2, -0.15) is 23.7 Å². The van der Waals surface area contributed by atoms with E-state index in [0.29, 0.717) is 6.07 Å². The Kier molecular flexibility index (Phi) is 6.32. The number of nitriles is 2. The highest BCUT2D eigenvalue weighted by atomic mass is 19.4. The topological polar surface area (TPSA) is 109 Å². The number of nitrogens with zero attached hydrogens (tertiary/aromatic N) is 2. The first kappa shape index (κ1) is 22.0.